The molecule has 2 nitrogen and oxygen atoms in total. The molecule has 2 saturated carbocycles. The van der Waals surface area contributed by atoms with Crippen LogP contribution >= 0.6 is 0 Å². The van der Waals surface area contributed by atoms with Crippen molar-refractivity contribution in [1.29, 1.82) is 0 Å². The largest absolute Gasteiger partial charge is 0.326 e. The lowest BCUT2D eigenvalue weighted by Gasteiger charge is -2.39. The minimum Gasteiger partial charge on any atom is -0.326 e. The molecule has 0 heterocycles. The van der Waals surface area contributed by atoms with Gasteiger partial charge in [-0.3, -0.25) is 0 Å². The van der Waals surface area contributed by atoms with Gasteiger partial charge >= 0.3 is 0 Å². The van der Waals surface area contributed by atoms with E-state index in [1.54, 1.807) is 0 Å². The van der Waals surface area contributed by atoms with Gasteiger partial charge < -0.3 is 11.5 Å². The second-order valence-corrected chi connectivity index (χ2v) is 10.3. The van der Waals surface area contributed by atoms with Crippen molar-refractivity contribution < 1.29 is 0 Å². The molecular weight excluding hydrogens is 280 g/mol. The molecule has 0 spiro atoms. The van der Waals surface area contributed by atoms with Crippen LogP contribution in [0.25, 0.3) is 0 Å². The van der Waals surface area contributed by atoms with Crippen molar-refractivity contribution in [2.45, 2.75) is 109 Å². The lowest BCUT2D eigenvalue weighted by molar-refractivity contribution is 0.132. The molecule has 0 aromatic rings. The second-order valence-electron chi connectivity index (χ2n) is 10.3. The van der Waals surface area contributed by atoms with Crippen LogP contribution in [0.3, 0.4) is 0 Å². The zero-order valence-corrected chi connectivity index (χ0v) is 16.2. The molecule has 4 N–H and O–H groups in total. The Morgan fingerprint density at radius 1 is 0.652 bits per heavy atom. The van der Waals surface area contributed by atoms with E-state index in [2.05, 4.69) is 27.7 Å². The average molecular weight is 323 g/mol. The van der Waals surface area contributed by atoms with E-state index in [-0.39, 0.29) is 11.1 Å². The van der Waals surface area contributed by atoms with Crippen LogP contribution in [0.5, 0.6) is 0 Å². The van der Waals surface area contributed by atoms with Crippen molar-refractivity contribution >= 4 is 0 Å². The SMILES string of the molecule is CC(C)(N)CCC1CCC(C2CCC(CC(C)(C)N)CC2)CC1. The summed E-state index contributed by atoms with van der Waals surface area (Å²) in [6, 6.07) is 0. The third kappa shape index (κ3) is 7.13. The number of rotatable bonds is 6. The van der Waals surface area contributed by atoms with Gasteiger partial charge in [0, 0.05) is 11.1 Å². The first-order valence-electron chi connectivity index (χ1n) is 10.2. The molecule has 0 atom stereocenters. The van der Waals surface area contributed by atoms with Crippen LogP contribution in [0, 0.1) is 23.7 Å². The summed E-state index contributed by atoms with van der Waals surface area (Å²) in [4.78, 5) is 0. The fourth-order valence-corrected chi connectivity index (χ4v) is 5.13. The highest BCUT2D eigenvalue weighted by atomic mass is 14.7. The summed E-state index contributed by atoms with van der Waals surface area (Å²) in [7, 11) is 0. The molecule has 23 heavy (non-hydrogen) atoms. The molecule has 0 aromatic heterocycles. The van der Waals surface area contributed by atoms with Crippen molar-refractivity contribution in [2.24, 2.45) is 35.1 Å². The van der Waals surface area contributed by atoms with Gasteiger partial charge in [0.25, 0.3) is 0 Å². The molecule has 0 amide bonds. The molecule has 0 aliphatic heterocycles. The van der Waals surface area contributed by atoms with E-state index in [0.29, 0.717) is 0 Å². The summed E-state index contributed by atoms with van der Waals surface area (Å²) in [6.07, 6.45) is 15.4. The van der Waals surface area contributed by atoms with Crippen molar-refractivity contribution in [2.75, 3.05) is 0 Å². The standard InChI is InChI=1S/C21H42N2/c1-20(2,22)14-13-16-5-9-18(10-6-16)19-11-7-17(8-12-19)15-21(3,4)23/h16-19H,5-15,22-23H2,1-4H3. The Morgan fingerprint density at radius 3 is 1.48 bits per heavy atom. The van der Waals surface area contributed by atoms with Crippen LogP contribution in [0.4, 0.5) is 0 Å². The first kappa shape index (κ1) is 19.2. The first-order valence-corrected chi connectivity index (χ1v) is 10.2. The van der Waals surface area contributed by atoms with E-state index in [0.717, 1.165) is 23.7 Å². The molecule has 2 aliphatic rings. The molecule has 0 bridgehead atoms. The minimum absolute atomic E-state index is 0.0198. The van der Waals surface area contributed by atoms with Gasteiger partial charge in [0.05, 0.1) is 0 Å². The highest BCUT2D eigenvalue weighted by Crippen LogP contribution is 2.43. The maximum Gasteiger partial charge on any atom is 0.00996 e. The van der Waals surface area contributed by atoms with Crippen LogP contribution < -0.4 is 11.5 Å². The normalized spacial score (nSPS) is 33.7. The summed E-state index contributed by atoms with van der Waals surface area (Å²) in [5.74, 6) is 3.86. The molecule has 2 aliphatic carbocycles. The number of nitrogens with two attached hydrogens (primary N) is 2. The van der Waals surface area contributed by atoms with E-state index in [9.17, 15) is 0 Å². The van der Waals surface area contributed by atoms with Crippen LogP contribution in [-0.4, -0.2) is 11.1 Å². The Labute approximate surface area is 145 Å². The average Bonchev–Trinajstić information content (AvgIpc) is 2.44. The topological polar surface area (TPSA) is 52.0 Å². The Hall–Kier alpha value is -0.0800. The highest BCUT2D eigenvalue weighted by molar-refractivity contribution is 4.85. The van der Waals surface area contributed by atoms with Gasteiger partial charge in [0.1, 0.15) is 0 Å². The zero-order valence-electron chi connectivity index (χ0n) is 16.2. The monoisotopic (exact) mass is 322 g/mol. The third-order valence-corrected chi connectivity index (χ3v) is 6.46. The maximum absolute atomic E-state index is 6.21. The zero-order chi connectivity index (χ0) is 17.1. The van der Waals surface area contributed by atoms with Crippen molar-refractivity contribution in [3.63, 3.8) is 0 Å². The molecule has 0 aromatic carbocycles. The van der Waals surface area contributed by atoms with Gasteiger partial charge in [-0.1, -0.05) is 25.7 Å². The molecule has 2 rings (SSSR count). The first-order chi connectivity index (χ1) is 10.6. The lowest BCUT2D eigenvalue weighted by Crippen LogP contribution is -2.36. The van der Waals surface area contributed by atoms with Gasteiger partial charge in [0.2, 0.25) is 0 Å². The Bertz CT molecular complexity index is 334. The van der Waals surface area contributed by atoms with Crippen molar-refractivity contribution in [1.82, 2.24) is 0 Å². The van der Waals surface area contributed by atoms with Gasteiger partial charge in [-0.2, -0.15) is 0 Å². The molecule has 2 fully saturated rings. The van der Waals surface area contributed by atoms with E-state index in [4.69, 9.17) is 11.5 Å². The summed E-state index contributed by atoms with van der Waals surface area (Å²) in [6.45, 7) is 8.70. The predicted octanol–water partition coefficient (Wildman–Crippen LogP) is 5.24. The van der Waals surface area contributed by atoms with E-state index < -0.39 is 0 Å². The fraction of sp³-hybridized carbons (Fsp3) is 1.00. The van der Waals surface area contributed by atoms with Crippen LogP contribution in [0.2, 0.25) is 0 Å². The molecule has 136 valence electrons. The minimum atomic E-state index is 0.0198. The summed E-state index contributed by atoms with van der Waals surface area (Å²) < 4.78 is 0. The number of hydrogen-bond acceptors (Lipinski definition) is 2. The summed E-state index contributed by atoms with van der Waals surface area (Å²) in [5, 5.41) is 0. The Kier molecular flexibility index (Phi) is 6.58. The second kappa shape index (κ2) is 7.87. The molecule has 0 unspecified atom stereocenters. The quantitative estimate of drug-likeness (QED) is 0.702. The summed E-state index contributed by atoms with van der Waals surface area (Å²) >= 11 is 0. The number of hydrogen-bond donors (Lipinski definition) is 2. The van der Waals surface area contributed by atoms with Crippen molar-refractivity contribution in [3.8, 4) is 0 Å². The smallest absolute Gasteiger partial charge is 0.00996 e. The predicted molar refractivity (Wildman–Crippen MR) is 101 cm³/mol. The fourth-order valence-electron chi connectivity index (χ4n) is 5.13. The van der Waals surface area contributed by atoms with Crippen LogP contribution in [-0.2, 0) is 0 Å². The summed E-state index contributed by atoms with van der Waals surface area (Å²) in [5.41, 5.74) is 12.4. The maximum atomic E-state index is 6.21. The van der Waals surface area contributed by atoms with Gasteiger partial charge in [0.15, 0.2) is 0 Å². The Balaban J connectivity index is 1.67. The Morgan fingerprint density at radius 2 is 1.09 bits per heavy atom. The molecule has 0 saturated heterocycles. The van der Waals surface area contributed by atoms with Crippen molar-refractivity contribution in [3.05, 3.63) is 0 Å². The third-order valence-electron chi connectivity index (χ3n) is 6.46. The van der Waals surface area contributed by atoms with Crippen LogP contribution in [0.1, 0.15) is 98.3 Å². The van der Waals surface area contributed by atoms with E-state index in [1.165, 1.54) is 70.6 Å². The van der Waals surface area contributed by atoms with Gasteiger partial charge in [-0.25, -0.2) is 0 Å². The lowest BCUT2D eigenvalue weighted by atomic mass is 9.67. The van der Waals surface area contributed by atoms with E-state index >= 15 is 0 Å². The molecule has 2 heteroatoms. The van der Waals surface area contributed by atoms with E-state index in [1.807, 2.05) is 0 Å². The van der Waals surface area contributed by atoms with Crippen LogP contribution in [0.15, 0.2) is 0 Å². The molecular formula is C21H42N2. The highest BCUT2D eigenvalue weighted by Gasteiger charge is 2.32. The molecule has 0 radical (unpaired) electrons. The van der Waals surface area contributed by atoms with Gasteiger partial charge in [-0.15, -0.1) is 0 Å². The van der Waals surface area contributed by atoms with Gasteiger partial charge in [-0.05, 0) is 96.3 Å².